The topological polar surface area (TPSA) is 113 Å². The Morgan fingerprint density at radius 1 is 0.780 bits per heavy atom. The van der Waals surface area contributed by atoms with E-state index in [2.05, 4.69) is 10.1 Å². The Balaban J connectivity index is 1.33. The zero-order chi connectivity index (χ0) is 28.1. The highest BCUT2D eigenvalue weighted by Gasteiger charge is 2.58. The van der Waals surface area contributed by atoms with Crippen LogP contribution in [0.15, 0.2) is 109 Å². The first kappa shape index (κ1) is 27.1. The number of benzene rings is 3. The van der Waals surface area contributed by atoms with E-state index in [4.69, 9.17) is 24.7 Å². The second-order valence-electron chi connectivity index (χ2n) is 9.99. The number of aromatic nitrogens is 3. The molecule has 210 valence electrons. The van der Waals surface area contributed by atoms with Gasteiger partial charge in [0.25, 0.3) is 0 Å². The van der Waals surface area contributed by atoms with Crippen LogP contribution in [0.4, 0.5) is 5.82 Å². The molecule has 0 aliphatic carbocycles. The van der Waals surface area contributed by atoms with Crippen LogP contribution in [0.5, 0.6) is 0 Å². The van der Waals surface area contributed by atoms with Crippen molar-refractivity contribution in [3.8, 4) is 0 Å². The van der Waals surface area contributed by atoms with Crippen molar-refractivity contribution in [2.24, 2.45) is 0 Å². The lowest BCUT2D eigenvalue weighted by molar-refractivity contribution is -0.255. The van der Waals surface area contributed by atoms with Crippen molar-refractivity contribution in [2.75, 3.05) is 12.3 Å². The molecule has 0 unspecified atom stereocenters. The fraction of sp³-hybridized carbons (Fsp3) is 0.250. The third-order valence-corrected chi connectivity index (χ3v) is 7.18. The Morgan fingerprint density at radius 3 is 2.00 bits per heavy atom. The van der Waals surface area contributed by atoms with Crippen LogP contribution < -0.4 is 5.73 Å². The molecule has 1 aliphatic rings. The van der Waals surface area contributed by atoms with Gasteiger partial charge < -0.3 is 29.8 Å². The maximum Gasteiger partial charge on any atom is 0.240 e. The molecule has 9 nitrogen and oxygen atoms in total. The average molecular weight is 553 g/mol. The summed E-state index contributed by atoms with van der Waals surface area (Å²) < 4.78 is 27.0. The van der Waals surface area contributed by atoms with Crippen LogP contribution in [0.3, 0.4) is 0 Å². The van der Waals surface area contributed by atoms with Gasteiger partial charge in [0, 0.05) is 0 Å². The molecule has 0 bridgehead atoms. The van der Waals surface area contributed by atoms with Crippen molar-refractivity contribution < 1.29 is 24.1 Å². The van der Waals surface area contributed by atoms with Crippen molar-refractivity contribution in [1.29, 1.82) is 0 Å². The smallest absolute Gasteiger partial charge is 0.240 e. The monoisotopic (exact) mass is 552 g/mol. The van der Waals surface area contributed by atoms with E-state index in [1.165, 1.54) is 10.8 Å². The minimum Gasteiger partial charge on any atom is -0.382 e. The molecular formula is C32H32N4O5. The second-order valence-corrected chi connectivity index (χ2v) is 9.99. The lowest BCUT2D eigenvalue weighted by atomic mass is 10.0. The number of hydrogen-bond acceptors (Lipinski definition) is 8. The maximum absolute atomic E-state index is 12.3. The number of nitrogen functional groups attached to an aromatic ring is 1. The Labute approximate surface area is 238 Å². The van der Waals surface area contributed by atoms with Gasteiger partial charge in [-0.05, 0) is 28.8 Å². The first-order chi connectivity index (χ1) is 20.1. The summed E-state index contributed by atoms with van der Waals surface area (Å²) in [5.41, 5.74) is 9.98. The molecule has 0 radical (unpaired) electrons. The second kappa shape index (κ2) is 12.2. The van der Waals surface area contributed by atoms with E-state index in [9.17, 15) is 5.11 Å². The van der Waals surface area contributed by atoms with Gasteiger partial charge in [-0.25, -0.2) is 9.50 Å². The number of hydrogen-bond donors (Lipinski definition) is 2. The molecule has 2 aromatic heterocycles. The third kappa shape index (κ3) is 5.85. The first-order valence-electron chi connectivity index (χ1n) is 13.5. The van der Waals surface area contributed by atoms with Crippen LogP contribution in [-0.4, -0.2) is 44.6 Å². The van der Waals surface area contributed by atoms with E-state index in [-0.39, 0.29) is 19.0 Å². The molecule has 0 saturated carbocycles. The average Bonchev–Trinajstić information content (AvgIpc) is 3.57. The zero-order valence-corrected chi connectivity index (χ0v) is 22.5. The summed E-state index contributed by atoms with van der Waals surface area (Å²) in [7, 11) is 0. The first-order valence-corrected chi connectivity index (χ1v) is 13.5. The normalized spacial score (nSPS) is 22.3. The molecule has 3 N–H and O–H groups in total. The minimum absolute atomic E-state index is 0.169. The van der Waals surface area contributed by atoms with Crippen molar-refractivity contribution in [3.63, 3.8) is 0 Å². The van der Waals surface area contributed by atoms with E-state index in [1.54, 1.807) is 12.1 Å². The fourth-order valence-corrected chi connectivity index (χ4v) is 5.14. The molecule has 5 aromatic rings. The van der Waals surface area contributed by atoms with E-state index in [1.807, 2.05) is 91.0 Å². The van der Waals surface area contributed by atoms with Crippen molar-refractivity contribution in [2.45, 2.75) is 43.9 Å². The molecule has 9 heteroatoms. The SMILES string of the molecule is Nc1ncnn2c([C@]3(O)O[C@H](COCc4ccccc4)[C@@H](OCc4ccccc4)[C@H]3OCc3ccccc3)ccc12. The number of rotatable bonds is 11. The lowest BCUT2D eigenvalue weighted by Gasteiger charge is -2.30. The van der Waals surface area contributed by atoms with Gasteiger partial charge in [-0.3, -0.25) is 0 Å². The summed E-state index contributed by atoms with van der Waals surface area (Å²) in [6.45, 7) is 1.09. The number of nitrogens with zero attached hydrogens (tertiary/aromatic N) is 3. The Kier molecular flexibility index (Phi) is 8.04. The van der Waals surface area contributed by atoms with Crippen LogP contribution in [-0.2, 0) is 44.6 Å². The van der Waals surface area contributed by atoms with Crippen molar-refractivity contribution >= 4 is 11.3 Å². The zero-order valence-electron chi connectivity index (χ0n) is 22.5. The van der Waals surface area contributed by atoms with Gasteiger partial charge in [-0.2, -0.15) is 5.10 Å². The number of anilines is 1. The molecule has 3 aromatic carbocycles. The third-order valence-electron chi connectivity index (χ3n) is 7.18. The summed E-state index contributed by atoms with van der Waals surface area (Å²) in [4.78, 5) is 4.07. The summed E-state index contributed by atoms with van der Waals surface area (Å²) >= 11 is 0. The van der Waals surface area contributed by atoms with Gasteiger partial charge in [0.15, 0.2) is 5.82 Å². The molecule has 4 atom stereocenters. The van der Waals surface area contributed by atoms with Crippen molar-refractivity contribution in [3.05, 3.63) is 132 Å². The Bertz CT molecular complexity index is 1550. The summed E-state index contributed by atoms with van der Waals surface area (Å²) in [5, 5.41) is 16.7. The van der Waals surface area contributed by atoms with E-state index < -0.39 is 24.1 Å². The number of fused-ring (bicyclic) bond motifs is 1. The number of ether oxygens (including phenoxy) is 4. The predicted molar refractivity (Wildman–Crippen MR) is 152 cm³/mol. The van der Waals surface area contributed by atoms with Gasteiger partial charge in [0.05, 0.1) is 26.4 Å². The molecule has 3 heterocycles. The molecule has 6 rings (SSSR count). The molecule has 1 fully saturated rings. The van der Waals surface area contributed by atoms with Crippen LogP contribution in [0.1, 0.15) is 22.4 Å². The molecule has 0 spiro atoms. The van der Waals surface area contributed by atoms with Crippen LogP contribution in [0.25, 0.3) is 5.52 Å². The molecule has 1 saturated heterocycles. The highest BCUT2D eigenvalue weighted by Crippen LogP contribution is 2.42. The highest BCUT2D eigenvalue weighted by atomic mass is 16.7. The largest absolute Gasteiger partial charge is 0.382 e. The molecular weight excluding hydrogens is 520 g/mol. The quantitative estimate of drug-likeness (QED) is 0.250. The van der Waals surface area contributed by atoms with Gasteiger partial charge in [-0.1, -0.05) is 91.0 Å². The van der Waals surface area contributed by atoms with Crippen LogP contribution >= 0.6 is 0 Å². The van der Waals surface area contributed by atoms with E-state index in [0.717, 1.165) is 16.7 Å². The fourth-order valence-electron chi connectivity index (χ4n) is 5.14. The highest BCUT2D eigenvalue weighted by molar-refractivity contribution is 5.65. The standard InChI is InChI=1S/C32H32N4O5/c33-31-26-16-17-28(36(26)35-22-34-31)32(37)30(40-20-25-14-8-3-9-15-25)29(39-19-24-12-6-2-7-13-24)27(41-32)21-38-18-23-10-4-1-5-11-23/h1-17,22,27,29-30,37H,18-21H2,(H2,33,34,35)/t27-,29-,30-,32+/m1/s1. The van der Waals surface area contributed by atoms with E-state index >= 15 is 0 Å². The Morgan fingerprint density at radius 2 is 1.37 bits per heavy atom. The van der Waals surface area contributed by atoms with Gasteiger partial charge in [0.1, 0.15) is 35.8 Å². The number of aliphatic hydroxyl groups is 1. The molecule has 41 heavy (non-hydrogen) atoms. The minimum atomic E-state index is -1.93. The van der Waals surface area contributed by atoms with Crippen LogP contribution in [0, 0.1) is 0 Å². The maximum atomic E-state index is 12.3. The van der Waals surface area contributed by atoms with Gasteiger partial charge >= 0.3 is 0 Å². The predicted octanol–water partition coefficient (Wildman–Crippen LogP) is 4.24. The number of nitrogens with two attached hydrogens (primary N) is 1. The van der Waals surface area contributed by atoms with E-state index in [0.29, 0.717) is 24.4 Å². The van der Waals surface area contributed by atoms with Gasteiger partial charge in [0.2, 0.25) is 5.79 Å². The Hall–Kier alpha value is -4.12. The summed E-state index contributed by atoms with van der Waals surface area (Å²) in [6, 6.07) is 33.0. The lowest BCUT2D eigenvalue weighted by Crippen LogP contribution is -2.45. The summed E-state index contributed by atoms with van der Waals surface area (Å²) in [6.07, 6.45) is -0.915. The molecule has 1 aliphatic heterocycles. The van der Waals surface area contributed by atoms with Crippen molar-refractivity contribution in [1.82, 2.24) is 14.6 Å². The van der Waals surface area contributed by atoms with Gasteiger partial charge in [-0.15, -0.1) is 0 Å². The summed E-state index contributed by atoms with van der Waals surface area (Å²) in [5.74, 6) is -1.64. The van der Waals surface area contributed by atoms with Crippen LogP contribution in [0.2, 0.25) is 0 Å². The molecule has 0 amide bonds.